The van der Waals surface area contributed by atoms with Crippen LogP contribution in [0.2, 0.25) is 0 Å². The zero-order valence-electron chi connectivity index (χ0n) is 21.3. The lowest BCUT2D eigenvalue weighted by atomic mass is 10.1. The number of hydrogen-bond donors (Lipinski definition) is 5. The Labute approximate surface area is 218 Å². The Hall–Kier alpha value is -4.48. The third-order valence-corrected chi connectivity index (χ3v) is 6.18. The maximum atomic E-state index is 12.2. The number of fused-ring (bicyclic) bond motifs is 1. The molecule has 0 aliphatic carbocycles. The lowest BCUT2D eigenvalue weighted by Gasteiger charge is -2.20. The van der Waals surface area contributed by atoms with Gasteiger partial charge in [-0.15, -0.1) is 0 Å². The van der Waals surface area contributed by atoms with Gasteiger partial charge < -0.3 is 25.4 Å². The van der Waals surface area contributed by atoms with Gasteiger partial charge in [0.2, 0.25) is 5.82 Å². The smallest absolute Gasteiger partial charge is 0.271 e. The fourth-order valence-corrected chi connectivity index (χ4v) is 4.17. The molecular weight excluding hydrogens is 486 g/mol. The average Bonchev–Trinajstić information content (AvgIpc) is 3.53. The number of aliphatic hydroxyl groups excluding tert-OH is 1. The molecular formula is C27H29N7O4. The van der Waals surface area contributed by atoms with Crippen molar-refractivity contribution < 1.29 is 14.7 Å². The van der Waals surface area contributed by atoms with Crippen LogP contribution in [0, 0.1) is 0 Å². The first kappa shape index (κ1) is 25.2. The van der Waals surface area contributed by atoms with Crippen LogP contribution in [-0.4, -0.2) is 41.7 Å². The van der Waals surface area contributed by atoms with E-state index < -0.39 is 11.6 Å². The lowest BCUT2D eigenvalue weighted by Crippen LogP contribution is -2.17. The van der Waals surface area contributed by atoms with E-state index in [1.165, 1.54) is 0 Å². The second kappa shape index (κ2) is 10.1. The van der Waals surface area contributed by atoms with E-state index in [-0.39, 0.29) is 23.9 Å². The number of benzene rings is 2. The molecule has 0 aliphatic heterocycles. The zero-order valence-corrected chi connectivity index (χ0v) is 21.3. The minimum absolute atomic E-state index is 0.136. The fraction of sp³-hybridized carbons (Fsp3) is 0.259. The monoisotopic (exact) mass is 515 g/mol. The number of aryl methyl sites for hydroxylation is 1. The molecule has 196 valence electrons. The molecule has 0 bridgehead atoms. The van der Waals surface area contributed by atoms with Gasteiger partial charge in [-0.2, -0.15) is 4.98 Å². The van der Waals surface area contributed by atoms with Gasteiger partial charge in [0.05, 0.1) is 34.8 Å². The summed E-state index contributed by atoms with van der Waals surface area (Å²) in [4.78, 5) is 21.1. The molecule has 1 atom stereocenters. The second-order valence-electron chi connectivity index (χ2n) is 9.43. The molecule has 0 spiro atoms. The highest BCUT2D eigenvalue weighted by Crippen LogP contribution is 2.33. The van der Waals surface area contributed by atoms with E-state index in [0.29, 0.717) is 29.0 Å². The summed E-state index contributed by atoms with van der Waals surface area (Å²) in [6.07, 6.45) is 1.59. The number of aromatic amines is 1. The van der Waals surface area contributed by atoms with E-state index in [4.69, 9.17) is 4.52 Å². The van der Waals surface area contributed by atoms with E-state index in [2.05, 4.69) is 30.9 Å². The summed E-state index contributed by atoms with van der Waals surface area (Å²) >= 11 is 0. The molecule has 0 radical (unpaired) electrons. The van der Waals surface area contributed by atoms with Crippen LogP contribution in [-0.2, 0) is 12.1 Å². The molecule has 38 heavy (non-hydrogen) atoms. The van der Waals surface area contributed by atoms with Crippen LogP contribution in [0.5, 0.6) is 0 Å². The molecule has 0 unspecified atom stereocenters. The summed E-state index contributed by atoms with van der Waals surface area (Å²) in [6.45, 7) is 5.57. The molecule has 11 nitrogen and oxygen atoms in total. The molecule has 0 saturated carbocycles. The van der Waals surface area contributed by atoms with Gasteiger partial charge in [-0.25, -0.2) is 4.98 Å². The first-order valence-electron chi connectivity index (χ1n) is 12.3. The van der Waals surface area contributed by atoms with Crippen molar-refractivity contribution in [2.45, 2.75) is 39.0 Å². The summed E-state index contributed by atoms with van der Waals surface area (Å²) in [5.41, 5.74) is 2.10. The van der Waals surface area contributed by atoms with Gasteiger partial charge in [-0.1, -0.05) is 35.5 Å². The minimum atomic E-state index is -1.28. The van der Waals surface area contributed by atoms with Crippen LogP contribution in [0.4, 0.5) is 17.2 Å². The van der Waals surface area contributed by atoms with Crippen LogP contribution in [0.3, 0.4) is 0 Å². The number of nitrogens with zero attached hydrogens (tertiary/aromatic N) is 4. The Balaban J connectivity index is 1.53. The molecule has 5 aromatic rings. The molecule has 0 saturated heterocycles. The molecule has 11 heteroatoms. The zero-order chi connectivity index (χ0) is 26.9. The van der Waals surface area contributed by atoms with Gasteiger partial charge >= 0.3 is 0 Å². The van der Waals surface area contributed by atoms with E-state index in [1.54, 1.807) is 36.9 Å². The van der Waals surface area contributed by atoms with Gasteiger partial charge in [0.15, 0.2) is 0 Å². The summed E-state index contributed by atoms with van der Waals surface area (Å²) in [7, 11) is 0. The van der Waals surface area contributed by atoms with Crippen molar-refractivity contribution in [3.05, 3.63) is 82.5 Å². The van der Waals surface area contributed by atoms with Crippen LogP contribution < -0.4 is 16.2 Å². The van der Waals surface area contributed by atoms with E-state index >= 15 is 0 Å². The standard InChI is InChI=1S/C27H29N7O4/c1-4-34-22-12-17(10-11-18(22)24(36)32-34)29-23-13-20(30-21(15-35)16-8-6-5-7-9-16)19(14-28-23)25-31-26(33-38-25)27(2,3)37/h5-14,21,35,37H,4,15H2,1-3H3,(H,32,36)(H2,28,29,30)/t21-/m1/s1. The average molecular weight is 516 g/mol. The number of H-pyrrole nitrogens is 1. The van der Waals surface area contributed by atoms with Crippen molar-refractivity contribution in [3.63, 3.8) is 0 Å². The maximum absolute atomic E-state index is 12.2. The van der Waals surface area contributed by atoms with Crippen LogP contribution in [0.15, 0.2) is 70.1 Å². The van der Waals surface area contributed by atoms with Gasteiger partial charge in [0.25, 0.3) is 11.4 Å². The topological polar surface area (TPSA) is 154 Å². The first-order valence-corrected chi connectivity index (χ1v) is 12.3. The third kappa shape index (κ3) is 5.01. The van der Waals surface area contributed by atoms with Crippen LogP contribution in [0.1, 0.15) is 38.2 Å². The van der Waals surface area contributed by atoms with Gasteiger partial charge in [0, 0.05) is 24.5 Å². The fourth-order valence-electron chi connectivity index (χ4n) is 4.17. The summed E-state index contributed by atoms with van der Waals surface area (Å²) in [5, 5.41) is 34.5. The Bertz CT molecular complexity index is 1620. The van der Waals surface area contributed by atoms with Crippen molar-refractivity contribution >= 4 is 28.1 Å². The third-order valence-electron chi connectivity index (χ3n) is 6.18. The van der Waals surface area contributed by atoms with Gasteiger partial charge in [-0.05, 0) is 44.5 Å². The molecule has 3 aromatic heterocycles. The Morgan fingerprint density at radius 3 is 2.63 bits per heavy atom. The van der Waals surface area contributed by atoms with Crippen molar-refractivity contribution in [1.82, 2.24) is 24.9 Å². The van der Waals surface area contributed by atoms with Crippen molar-refractivity contribution in [2.24, 2.45) is 0 Å². The molecule has 2 aromatic carbocycles. The number of rotatable bonds is 9. The molecule has 0 fully saturated rings. The van der Waals surface area contributed by atoms with Crippen molar-refractivity contribution in [1.29, 1.82) is 0 Å². The quantitative estimate of drug-likeness (QED) is 0.196. The van der Waals surface area contributed by atoms with Gasteiger partial charge in [0.1, 0.15) is 11.4 Å². The largest absolute Gasteiger partial charge is 0.394 e. The molecule has 3 heterocycles. The summed E-state index contributed by atoms with van der Waals surface area (Å²) in [6, 6.07) is 16.4. The van der Waals surface area contributed by atoms with Crippen molar-refractivity contribution in [2.75, 3.05) is 17.2 Å². The highest BCUT2D eigenvalue weighted by Gasteiger charge is 2.25. The normalized spacial score (nSPS) is 12.6. The number of aliphatic hydroxyl groups is 2. The van der Waals surface area contributed by atoms with Crippen LogP contribution in [0.25, 0.3) is 22.4 Å². The summed E-state index contributed by atoms with van der Waals surface area (Å²) < 4.78 is 7.24. The number of pyridine rings is 1. The highest BCUT2D eigenvalue weighted by molar-refractivity contribution is 5.83. The maximum Gasteiger partial charge on any atom is 0.271 e. The first-order chi connectivity index (χ1) is 18.3. The van der Waals surface area contributed by atoms with Crippen molar-refractivity contribution in [3.8, 4) is 11.5 Å². The van der Waals surface area contributed by atoms with E-state index in [9.17, 15) is 15.0 Å². The number of hydrogen-bond acceptors (Lipinski definition) is 9. The lowest BCUT2D eigenvalue weighted by molar-refractivity contribution is 0.0661. The molecule has 0 aliphatic rings. The number of nitrogens with one attached hydrogen (secondary N) is 3. The second-order valence-corrected chi connectivity index (χ2v) is 9.43. The highest BCUT2D eigenvalue weighted by atomic mass is 16.5. The Kier molecular flexibility index (Phi) is 6.70. The SMILES string of the molecule is CCn1[nH]c(=O)c2ccc(Nc3cc(N[C@H](CO)c4ccccc4)c(-c4nc(C(C)(C)O)no4)cn3)cc21. The van der Waals surface area contributed by atoms with E-state index in [0.717, 1.165) is 16.8 Å². The Morgan fingerprint density at radius 2 is 1.95 bits per heavy atom. The summed E-state index contributed by atoms with van der Waals surface area (Å²) in [5.74, 6) is 0.835. The Morgan fingerprint density at radius 1 is 1.16 bits per heavy atom. The molecule has 5 rings (SSSR count). The predicted octanol–water partition coefficient (Wildman–Crippen LogP) is 3.91. The molecule has 5 N–H and O–H groups in total. The molecule has 0 amide bonds. The van der Waals surface area contributed by atoms with Crippen LogP contribution >= 0.6 is 0 Å². The number of aromatic nitrogens is 5. The van der Waals surface area contributed by atoms with Gasteiger partial charge in [-0.3, -0.25) is 14.6 Å². The van der Waals surface area contributed by atoms with E-state index in [1.807, 2.05) is 49.4 Å². The number of anilines is 3. The minimum Gasteiger partial charge on any atom is -0.394 e. The predicted molar refractivity (Wildman–Crippen MR) is 144 cm³/mol.